The topological polar surface area (TPSA) is 56.8 Å². The number of halogens is 2. The first kappa shape index (κ1) is 18.2. The van der Waals surface area contributed by atoms with Crippen LogP contribution >= 0.6 is 23.2 Å². The lowest BCUT2D eigenvalue weighted by molar-refractivity contribution is -0.115. The number of benzene rings is 2. The van der Waals surface area contributed by atoms with E-state index >= 15 is 0 Å². The summed E-state index contributed by atoms with van der Waals surface area (Å²) in [4.78, 5) is 12.3. The van der Waals surface area contributed by atoms with Crippen molar-refractivity contribution in [3.8, 4) is 17.2 Å². The molecule has 0 aliphatic rings. The van der Waals surface area contributed by atoms with Crippen LogP contribution in [-0.4, -0.2) is 27.2 Å². The molecule has 0 heterocycles. The molecule has 1 N–H and O–H groups in total. The summed E-state index contributed by atoms with van der Waals surface area (Å²) in [5, 5.41) is 3.63. The van der Waals surface area contributed by atoms with Crippen molar-refractivity contribution in [1.29, 1.82) is 0 Å². The number of carbonyl (C=O) groups excluding carboxylic acids is 1. The molecule has 2 rings (SSSR count). The molecule has 0 saturated carbocycles. The Hall–Kier alpha value is -2.11. The molecular weight excluding hydrogens is 353 g/mol. The molecule has 0 atom stereocenters. The molecule has 5 nitrogen and oxygen atoms in total. The molecule has 7 heteroatoms. The van der Waals surface area contributed by atoms with Gasteiger partial charge in [-0.05, 0) is 35.9 Å². The zero-order valence-electron chi connectivity index (χ0n) is 13.5. The van der Waals surface area contributed by atoms with Gasteiger partial charge >= 0.3 is 0 Å². The van der Waals surface area contributed by atoms with E-state index in [1.165, 1.54) is 21.3 Å². The highest BCUT2D eigenvalue weighted by molar-refractivity contribution is 6.36. The number of hydrogen-bond acceptors (Lipinski definition) is 4. The molecule has 0 bridgehead atoms. The van der Waals surface area contributed by atoms with Gasteiger partial charge < -0.3 is 19.5 Å². The van der Waals surface area contributed by atoms with E-state index in [9.17, 15) is 4.79 Å². The van der Waals surface area contributed by atoms with E-state index in [2.05, 4.69) is 5.32 Å². The molecule has 0 aliphatic carbocycles. The van der Waals surface area contributed by atoms with Gasteiger partial charge in [0.2, 0.25) is 11.7 Å². The van der Waals surface area contributed by atoms with Crippen molar-refractivity contribution < 1.29 is 19.0 Å². The summed E-state index contributed by atoms with van der Waals surface area (Å²) in [5.41, 5.74) is 1.21. The van der Waals surface area contributed by atoms with Gasteiger partial charge in [0.1, 0.15) is 0 Å². The van der Waals surface area contributed by atoms with Crippen LogP contribution in [0.2, 0.25) is 10.0 Å². The van der Waals surface area contributed by atoms with Gasteiger partial charge in [0.05, 0.1) is 38.5 Å². The zero-order valence-corrected chi connectivity index (χ0v) is 15.0. The molecule has 1 amide bonds. The highest BCUT2D eigenvalue weighted by Gasteiger charge is 2.15. The molecule has 0 radical (unpaired) electrons. The van der Waals surface area contributed by atoms with Crippen LogP contribution in [0.3, 0.4) is 0 Å². The maximum absolute atomic E-state index is 12.3. The maximum atomic E-state index is 12.3. The first-order valence-electron chi connectivity index (χ1n) is 7.02. The minimum Gasteiger partial charge on any atom is -0.493 e. The average molecular weight is 370 g/mol. The minimum atomic E-state index is -0.228. The van der Waals surface area contributed by atoms with Crippen LogP contribution in [0, 0.1) is 0 Å². The first-order valence-corrected chi connectivity index (χ1v) is 7.77. The van der Waals surface area contributed by atoms with Crippen LogP contribution in [0.5, 0.6) is 17.2 Å². The van der Waals surface area contributed by atoms with E-state index in [0.29, 0.717) is 38.5 Å². The average Bonchev–Trinajstić information content (AvgIpc) is 2.56. The first-order chi connectivity index (χ1) is 11.5. The van der Waals surface area contributed by atoms with Gasteiger partial charge in [-0.15, -0.1) is 0 Å². The van der Waals surface area contributed by atoms with Gasteiger partial charge in [-0.1, -0.05) is 23.2 Å². The van der Waals surface area contributed by atoms with Crippen LogP contribution in [0.4, 0.5) is 5.69 Å². The standard InChI is InChI=1S/C17H17Cl2NO4/c1-22-14-6-10(7-15(23-2)17(14)24-3)8-16(21)20-13-5-4-11(18)9-12(13)19/h4-7,9H,8H2,1-3H3,(H,20,21). The smallest absolute Gasteiger partial charge is 0.228 e. The van der Waals surface area contributed by atoms with E-state index in [-0.39, 0.29) is 12.3 Å². The summed E-state index contributed by atoms with van der Waals surface area (Å²) >= 11 is 11.9. The van der Waals surface area contributed by atoms with E-state index in [4.69, 9.17) is 37.4 Å². The van der Waals surface area contributed by atoms with Crippen molar-refractivity contribution in [2.75, 3.05) is 26.6 Å². The van der Waals surface area contributed by atoms with Crippen LogP contribution in [0.1, 0.15) is 5.56 Å². The Morgan fingerprint density at radius 2 is 1.62 bits per heavy atom. The molecule has 128 valence electrons. The Labute approximate surface area is 150 Å². The lowest BCUT2D eigenvalue weighted by Crippen LogP contribution is -2.15. The molecule has 0 aromatic heterocycles. The Kier molecular flexibility index (Phi) is 6.17. The fourth-order valence-corrected chi connectivity index (χ4v) is 2.66. The molecule has 2 aromatic rings. The number of rotatable bonds is 6. The van der Waals surface area contributed by atoms with Crippen molar-refractivity contribution in [2.45, 2.75) is 6.42 Å². The predicted octanol–water partition coefficient (Wildman–Crippen LogP) is 4.20. The normalized spacial score (nSPS) is 10.2. The number of carbonyl (C=O) groups is 1. The summed E-state index contributed by atoms with van der Waals surface area (Å²) in [5.74, 6) is 1.23. The van der Waals surface area contributed by atoms with Gasteiger partial charge in [-0.2, -0.15) is 0 Å². The molecule has 2 aromatic carbocycles. The third-order valence-corrected chi connectivity index (χ3v) is 3.84. The van der Waals surface area contributed by atoms with Crippen LogP contribution in [0.15, 0.2) is 30.3 Å². The monoisotopic (exact) mass is 369 g/mol. The fraction of sp³-hybridized carbons (Fsp3) is 0.235. The third kappa shape index (κ3) is 4.24. The van der Waals surface area contributed by atoms with Gasteiger partial charge in [0.15, 0.2) is 11.5 Å². The summed E-state index contributed by atoms with van der Waals surface area (Å²) in [6.07, 6.45) is 0.121. The predicted molar refractivity (Wildman–Crippen MR) is 94.9 cm³/mol. The van der Waals surface area contributed by atoms with Gasteiger partial charge in [0.25, 0.3) is 0 Å². The summed E-state index contributed by atoms with van der Waals surface area (Å²) < 4.78 is 15.8. The lowest BCUT2D eigenvalue weighted by Gasteiger charge is -2.14. The van der Waals surface area contributed by atoms with Crippen molar-refractivity contribution in [3.63, 3.8) is 0 Å². The van der Waals surface area contributed by atoms with E-state index in [1.807, 2.05) is 0 Å². The Morgan fingerprint density at radius 3 is 2.12 bits per heavy atom. The van der Waals surface area contributed by atoms with E-state index in [1.54, 1.807) is 30.3 Å². The van der Waals surface area contributed by atoms with E-state index < -0.39 is 0 Å². The molecule has 0 fully saturated rings. The quantitative estimate of drug-likeness (QED) is 0.828. The van der Waals surface area contributed by atoms with Crippen molar-refractivity contribution in [3.05, 3.63) is 45.9 Å². The highest BCUT2D eigenvalue weighted by atomic mass is 35.5. The maximum Gasteiger partial charge on any atom is 0.228 e. The lowest BCUT2D eigenvalue weighted by atomic mass is 10.1. The second kappa shape index (κ2) is 8.13. The zero-order chi connectivity index (χ0) is 17.7. The molecular formula is C17H17Cl2NO4. The largest absolute Gasteiger partial charge is 0.493 e. The number of amides is 1. The summed E-state index contributed by atoms with van der Waals surface area (Å²) in [7, 11) is 4.57. The summed E-state index contributed by atoms with van der Waals surface area (Å²) in [6, 6.07) is 8.33. The fourth-order valence-electron chi connectivity index (χ4n) is 2.21. The molecule has 0 unspecified atom stereocenters. The number of methoxy groups -OCH3 is 3. The Bertz CT molecular complexity index is 724. The molecule has 24 heavy (non-hydrogen) atoms. The second-order valence-electron chi connectivity index (χ2n) is 4.88. The SMILES string of the molecule is COc1cc(CC(=O)Nc2ccc(Cl)cc2Cl)cc(OC)c1OC. The van der Waals surface area contributed by atoms with Gasteiger partial charge in [-0.3, -0.25) is 4.79 Å². The van der Waals surface area contributed by atoms with Crippen LogP contribution in [0.25, 0.3) is 0 Å². The van der Waals surface area contributed by atoms with Crippen LogP contribution < -0.4 is 19.5 Å². The second-order valence-corrected chi connectivity index (χ2v) is 5.73. The Morgan fingerprint density at radius 1 is 1.00 bits per heavy atom. The van der Waals surface area contributed by atoms with E-state index in [0.717, 1.165) is 0 Å². The number of hydrogen-bond donors (Lipinski definition) is 1. The van der Waals surface area contributed by atoms with Gasteiger partial charge in [-0.25, -0.2) is 0 Å². The third-order valence-electron chi connectivity index (χ3n) is 3.29. The highest BCUT2D eigenvalue weighted by Crippen LogP contribution is 2.38. The van der Waals surface area contributed by atoms with Crippen molar-refractivity contribution in [1.82, 2.24) is 0 Å². The Balaban J connectivity index is 2.19. The summed E-state index contributed by atoms with van der Waals surface area (Å²) in [6.45, 7) is 0. The number of nitrogens with one attached hydrogen (secondary N) is 1. The van der Waals surface area contributed by atoms with Crippen molar-refractivity contribution >= 4 is 34.8 Å². The molecule has 0 aliphatic heterocycles. The minimum absolute atomic E-state index is 0.121. The molecule has 0 spiro atoms. The number of anilines is 1. The van der Waals surface area contributed by atoms with Crippen molar-refractivity contribution in [2.24, 2.45) is 0 Å². The van der Waals surface area contributed by atoms with Crippen LogP contribution in [-0.2, 0) is 11.2 Å². The van der Waals surface area contributed by atoms with Gasteiger partial charge in [0, 0.05) is 5.02 Å². The number of ether oxygens (including phenoxy) is 3. The molecule has 0 saturated heterocycles.